The maximum Gasteiger partial charge on any atom is 0.282 e. The molecule has 0 bridgehead atoms. The molecule has 124 valence electrons. The largest absolute Gasteiger partial charge is 0.369 e. The molecule has 0 amide bonds. The maximum absolute atomic E-state index is 6.26. The van der Waals surface area contributed by atoms with Crippen molar-refractivity contribution in [3.8, 4) is 0 Å². The third kappa shape index (κ3) is 2.74. The molecule has 1 saturated heterocycles. The van der Waals surface area contributed by atoms with Crippen LogP contribution in [0.15, 0.2) is 42.5 Å². The average molecular weight is 331 g/mol. The van der Waals surface area contributed by atoms with Crippen LogP contribution in [-0.4, -0.2) is 21.4 Å². The van der Waals surface area contributed by atoms with Gasteiger partial charge in [-0.1, -0.05) is 36.4 Å². The first-order valence-corrected chi connectivity index (χ1v) is 11.5. The van der Waals surface area contributed by atoms with E-state index in [0.717, 1.165) is 0 Å². The van der Waals surface area contributed by atoms with E-state index in [4.69, 9.17) is 13.9 Å². The molecule has 0 saturated carbocycles. The van der Waals surface area contributed by atoms with E-state index in [1.54, 1.807) is 7.11 Å². The maximum atomic E-state index is 6.26. The molecule has 23 heavy (non-hydrogen) atoms. The fraction of sp³-hybridized carbons (Fsp3) is 0.474. The number of rotatable bonds is 4. The Hall–Kier alpha value is -1.20. The Morgan fingerprint density at radius 3 is 2.22 bits per heavy atom. The highest BCUT2D eigenvalue weighted by Gasteiger charge is 2.66. The summed E-state index contributed by atoms with van der Waals surface area (Å²) in [4.78, 5) is 0. The Morgan fingerprint density at radius 1 is 1.00 bits per heavy atom. The van der Waals surface area contributed by atoms with Crippen LogP contribution in [0.25, 0.3) is 10.8 Å². The highest BCUT2D eigenvalue weighted by atomic mass is 28.4. The van der Waals surface area contributed by atoms with Crippen molar-refractivity contribution >= 4 is 19.1 Å². The molecule has 0 aliphatic carbocycles. The number of benzene rings is 2. The van der Waals surface area contributed by atoms with Gasteiger partial charge in [-0.15, -0.1) is 0 Å². The highest BCUT2D eigenvalue weighted by Crippen LogP contribution is 2.59. The van der Waals surface area contributed by atoms with E-state index in [1.165, 1.54) is 16.3 Å². The molecular weight excluding hydrogens is 304 g/mol. The summed E-state index contributed by atoms with van der Waals surface area (Å²) in [6.45, 7) is 10.8. The lowest BCUT2D eigenvalue weighted by molar-refractivity contribution is -0.499. The summed E-state index contributed by atoms with van der Waals surface area (Å²) in [6, 6.07) is 14.9. The summed E-state index contributed by atoms with van der Waals surface area (Å²) in [6.07, 6.45) is -0.0385. The molecule has 3 nitrogen and oxygen atoms in total. The van der Waals surface area contributed by atoms with Gasteiger partial charge in [0.25, 0.3) is 5.97 Å². The van der Waals surface area contributed by atoms with Crippen molar-refractivity contribution in [3.05, 3.63) is 48.0 Å². The third-order valence-electron chi connectivity index (χ3n) is 4.50. The van der Waals surface area contributed by atoms with Gasteiger partial charge in [0.2, 0.25) is 0 Å². The topological polar surface area (TPSA) is 27.7 Å². The predicted molar refractivity (Wildman–Crippen MR) is 95.7 cm³/mol. The molecule has 1 aliphatic heterocycles. The van der Waals surface area contributed by atoms with Gasteiger partial charge in [-0.3, -0.25) is 0 Å². The second kappa shape index (κ2) is 5.41. The quantitative estimate of drug-likeness (QED) is 0.577. The zero-order valence-corrected chi connectivity index (χ0v) is 15.8. The lowest BCUT2D eigenvalue weighted by atomic mass is 9.74. The zero-order valence-electron chi connectivity index (χ0n) is 14.8. The molecule has 1 fully saturated rings. The zero-order chi connectivity index (χ0) is 16.9. The van der Waals surface area contributed by atoms with Crippen LogP contribution < -0.4 is 0 Å². The second-order valence-electron chi connectivity index (χ2n) is 7.80. The minimum atomic E-state index is -1.80. The number of ether oxygens (including phenoxy) is 2. The van der Waals surface area contributed by atoms with Crippen LogP contribution in [0.1, 0.15) is 25.5 Å². The SMILES string of the molecule is COC1(O[Si](C)(C)C)OC(c2ccc3ccccc3c2)C1(C)C. The van der Waals surface area contributed by atoms with Crippen LogP contribution in [0.4, 0.5) is 0 Å². The summed E-state index contributed by atoms with van der Waals surface area (Å²) in [5.74, 6) is -0.951. The van der Waals surface area contributed by atoms with Crippen LogP contribution in [0.5, 0.6) is 0 Å². The summed E-state index contributed by atoms with van der Waals surface area (Å²) < 4.78 is 18.1. The molecule has 2 atom stereocenters. The molecule has 0 radical (unpaired) electrons. The van der Waals surface area contributed by atoms with Gasteiger partial charge in [0.1, 0.15) is 6.10 Å². The van der Waals surface area contributed by atoms with Crippen molar-refractivity contribution in [2.24, 2.45) is 5.41 Å². The van der Waals surface area contributed by atoms with Gasteiger partial charge in [0.05, 0.1) is 5.41 Å². The molecule has 0 spiro atoms. The monoisotopic (exact) mass is 330 g/mol. The third-order valence-corrected chi connectivity index (χ3v) is 5.38. The van der Waals surface area contributed by atoms with Gasteiger partial charge in [-0.05, 0) is 55.9 Å². The van der Waals surface area contributed by atoms with E-state index < -0.39 is 14.3 Å². The van der Waals surface area contributed by atoms with E-state index in [0.29, 0.717) is 0 Å². The van der Waals surface area contributed by atoms with Crippen molar-refractivity contribution in [1.82, 2.24) is 0 Å². The average Bonchev–Trinajstić information content (AvgIpc) is 2.49. The van der Waals surface area contributed by atoms with E-state index in [-0.39, 0.29) is 11.5 Å². The van der Waals surface area contributed by atoms with E-state index >= 15 is 0 Å². The Morgan fingerprint density at radius 2 is 1.65 bits per heavy atom. The molecular formula is C19H26O3Si. The normalized spacial score (nSPS) is 27.0. The Balaban J connectivity index is 1.92. The molecule has 2 aromatic rings. The van der Waals surface area contributed by atoms with Crippen molar-refractivity contribution in [1.29, 1.82) is 0 Å². The van der Waals surface area contributed by atoms with Crippen LogP contribution in [0, 0.1) is 5.41 Å². The van der Waals surface area contributed by atoms with Gasteiger partial charge in [0, 0.05) is 7.11 Å². The number of hydrogen-bond acceptors (Lipinski definition) is 3. The van der Waals surface area contributed by atoms with E-state index in [1.807, 2.05) is 0 Å². The molecule has 1 aliphatic rings. The van der Waals surface area contributed by atoms with Crippen LogP contribution in [0.3, 0.4) is 0 Å². The Labute approximate surface area is 139 Å². The first-order valence-electron chi connectivity index (χ1n) is 8.10. The van der Waals surface area contributed by atoms with Crippen molar-refractivity contribution in [3.63, 3.8) is 0 Å². The highest BCUT2D eigenvalue weighted by molar-refractivity contribution is 6.69. The van der Waals surface area contributed by atoms with Gasteiger partial charge in [0.15, 0.2) is 8.32 Å². The van der Waals surface area contributed by atoms with Gasteiger partial charge < -0.3 is 13.9 Å². The van der Waals surface area contributed by atoms with E-state index in [9.17, 15) is 0 Å². The molecule has 3 rings (SSSR count). The molecule has 2 aromatic carbocycles. The van der Waals surface area contributed by atoms with Crippen molar-refractivity contribution in [2.75, 3.05) is 7.11 Å². The smallest absolute Gasteiger partial charge is 0.282 e. The number of fused-ring (bicyclic) bond motifs is 1. The first kappa shape index (κ1) is 16.6. The minimum Gasteiger partial charge on any atom is -0.369 e. The molecule has 1 heterocycles. The van der Waals surface area contributed by atoms with Gasteiger partial charge in [-0.2, -0.15) is 0 Å². The Kier molecular flexibility index (Phi) is 3.92. The lowest BCUT2D eigenvalue weighted by Crippen LogP contribution is -2.67. The van der Waals surface area contributed by atoms with Crippen molar-refractivity contribution < 1.29 is 13.9 Å². The molecule has 4 heteroatoms. The van der Waals surface area contributed by atoms with E-state index in [2.05, 4.69) is 76.0 Å². The summed E-state index contributed by atoms with van der Waals surface area (Å²) in [5, 5.41) is 2.47. The predicted octanol–water partition coefficient (Wildman–Crippen LogP) is 5.09. The lowest BCUT2D eigenvalue weighted by Gasteiger charge is -2.60. The summed E-state index contributed by atoms with van der Waals surface area (Å²) >= 11 is 0. The number of hydrogen-bond donors (Lipinski definition) is 0. The molecule has 0 aromatic heterocycles. The van der Waals surface area contributed by atoms with Crippen LogP contribution >= 0.6 is 0 Å². The second-order valence-corrected chi connectivity index (χ2v) is 12.2. The fourth-order valence-corrected chi connectivity index (χ4v) is 4.52. The van der Waals surface area contributed by atoms with Gasteiger partial charge in [-0.25, -0.2) is 0 Å². The van der Waals surface area contributed by atoms with Gasteiger partial charge >= 0.3 is 0 Å². The molecule has 0 N–H and O–H groups in total. The summed E-state index contributed by atoms with van der Waals surface area (Å²) in [5.41, 5.74) is 0.908. The van der Waals surface area contributed by atoms with Crippen LogP contribution in [-0.2, 0) is 13.9 Å². The summed E-state index contributed by atoms with van der Waals surface area (Å²) in [7, 11) is -0.131. The first-order chi connectivity index (χ1) is 10.7. The Bertz CT molecular complexity index is 720. The standard InChI is InChI=1S/C19H26O3Si/c1-18(2)17(21-19(18,20-3)22-23(4,5)6)16-12-11-14-9-7-8-10-15(14)13-16/h7-13,17H,1-6H3. The number of methoxy groups -OCH3 is 1. The minimum absolute atomic E-state index is 0.0385. The molecule has 2 unspecified atom stereocenters. The van der Waals surface area contributed by atoms with Crippen molar-refractivity contribution in [2.45, 2.75) is 45.6 Å². The van der Waals surface area contributed by atoms with Crippen LogP contribution in [0.2, 0.25) is 19.6 Å². The fourth-order valence-electron chi connectivity index (χ4n) is 3.32.